The van der Waals surface area contributed by atoms with Gasteiger partial charge < -0.3 is 9.82 Å². The SMILES string of the molecule is CON=Cc1nc2c(=O)[nH]c3cc(C(F)(F)F)ccc3n2c1C. The summed E-state index contributed by atoms with van der Waals surface area (Å²) in [6.07, 6.45) is -3.15. The van der Waals surface area contributed by atoms with Gasteiger partial charge in [0.15, 0.2) is 0 Å². The number of aromatic amines is 1. The lowest BCUT2D eigenvalue weighted by molar-refractivity contribution is -0.137. The van der Waals surface area contributed by atoms with Crippen molar-refractivity contribution < 1.29 is 18.0 Å². The fourth-order valence-electron chi connectivity index (χ4n) is 2.38. The summed E-state index contributed by atoms with van der Waals surface area (Å²) >= 11 is 0. The summed E-state index contributed by atoms with van der Waals surface area (Å²) < 4.78 is 39.9. The Morgan fingerprint density at radius 1 is 1.39 bits per heavy atom. The molecule has 3 aromatic rings. The van der Waals surface area contributed by atoms with Gasteiger partial charge in [-0.05, 0) is 25.1 Å². The van der Waals surface area contributed by atoms with E-state index in [1.807, 2.05) is 0 Å². The molecular weight excluding hydrogens is 313 g/mol. The average Bonchev–Trinajstić information content (AvgIpc) is 2.82. The fraction of sp³-hybridized carbons (Fsp3) is 0.214. The van der Waals surface area contributed by atoms with Gasteiger partial charge in [0.2, 0.25) is 5.65 Å². The molecule has 0 saturated carbocycles. The monoisotopic (exact) mass is 324 g/mol. The molecule has 0 amide bonds. The minimum atomic E-state index is -4.49. The van der Waals surface area contributed by atoms with Crippen LogP contribution in [0, 0.1) is 6.92 Å². The van der Waals surface area contributed by atoms with Gasteiger partial charge >= 0.3 is 6.18 Å². The maximum Gasteiger partial charge on any atom is 0.416 e. The van der Waals surface area contributed by atoms with Crippen LogP contribution < -0.4 is 5.56 Å². The third-order valence-corrected chi connectivity index (χ3v) is 3.44. The Hall–Kier alpha value is -2.84. The highest BCUT2D eigenvalue weighted by Gasteiger charge is 2.30. The zero-order chi connectivity index (χ0) is 16.8. The molecule has 0 aliphatic rings. The normalized spacial score (nSPS) is 12.6. The number of hydrogen-bond donors (Lipinski definition) is 1. The van der Waals surface area contributed by atoms with Crippen LogP contribution in [0.2, 0.25) is 0 Å². The van der Waals surface area contributed by atoms with Crippen molar-refractivity contribution in [2.75, 3.05) is 7.11 Å². The van der Waals surface area contributed by atoms with Gasteiger partial charge in [-0.2, -0.15) is 13.2 Å². The van der Waals surface area contributed by atoms with Crippen LogP contribution in [0.4, 0.5) is 13.2 Å². The number of halogens is 3. The number of oxime groups is 1. The molecule has 0 aliphatic carbocycles. The first kappa shape index (κ1) is 15.1. The van der Waals surface area contributed by atoms with Crippen molar-refractivity contribution in [2.24, 2.45) is 5.16 Å². The van der Waals surface area contributed by atoms with Crippen molar-refractivity contribution in [1.82, 2.24) is 14.4 Å². The number of nitrogens with one attached hydrogen (secondary N) is 1. The molecule has 6 nitrogen and oxygen atoms in total. The summed E-state index contributed by atoms with van der Waals surface area (Å²) in [7, 11) is 1.36. The van der Waals surface area contributed by atoms with Crippen molar-refractivity contribution in [1.29, 1.82) is 0 Å². The minimum Gasteiger partial charge on any atom is -0.399 e. The smallest absolute Gasteiger partial charge is 0.399 e. The first-order chi connectivity index (χ1) is 10.8. The maximum absolute atomic E-state index is 12.8. The zero-order valence-electron chi connectivity index (χ0n) is 12.1. The predicted octanol–water partition coefficient (Wildman–Crippen LogP) is 2.48. The summed E-state index contributed by atoms with van der Waals surface area (Å²) in [5.41, 5.74) is 0.104. The molecule has 23 heavy (non-hydrogen) atoms. The number of aromatic nitrogens is 3. The quantitative estimate of drug-likeness (QED) is 0.581. The molecule has 1 aromatic carbocycles. The Balaban J connectivity index is 2.37. The second kappa shape index (κ2) is 5.11. The molecule has 2 aromatic heterocycles. The highest BCUT2D eigenvalue weighted by Crippen LogP contribution is 2.31. The number of benzene rings is 1. The van der Waals surface area contributed by atoms with Gasteiger partial charge in [0.25, 0.3) is 5.56 Å². The van der Waals surface area contributed by atoms with Crippen LogP contribution in [0.5, 0.6) is 0 Å². The van der Waals surface area contributed by atoms with E-state index in [0.717, 1.165) is 12.1 Å². The molecule has 0 aliphatic heterocycles. The van der Waals surface area contributed by atoms with E-state index in [1.54, 1.807) is 6.92 Å². The minimum absolute atomic E-state index is 0.0762. The number of rotatable bonds is 2. The lowest BCUT2D eigenvalue weighted by Gasteiger charge is -2.09. The second-order valence-corrected chi connectivity index (χ2v) is 4.84. The van der Waals surface area contributed by atoms with Crippen LogP contribution >= 0.6 is 0 Å². The van der Waals surface area contributed by atoms with Gasteiger partial charge in [-0.15, -0.1) is 0 Å². The molecule has 0 saturated heterocycles. The molecule has 2 heterocycles. The molecule has 0 unspecified atom stereocenters. The molecule has 0 bridgehead atoms. The van der Waals surface area contributed by atoms with Crippen LogP contribution in [0.3, 0.4) is 0 Å². The summed E-state index contributed by atoms with van der Waals surface area (Å²) in [5.74, 6) is 0. The zero-order valence-corrected chi connectivity index (χ0v) is 12.1. The van der Waals surface area contributed by atoms with E-state index in [1.165, 1.54) is 23.8 Å². The Morgan fingerprint density at radius 2 is 2.13 bits per heavy atom. The van der Waals surface area contributed by atoms with E-state index in [9.17, 15) is 18.0 Å². The average molecular weight is 324 g/mol. The summed E-state index contributed by atoms with van der Waals surface area (Å²) in [6, 6.07) is 3.16. The number of fused-ring (bicyclic) bond motifs is 3. The Morgan fingerprint density at radius 3 is 2.78 bits per heavy atom. The highest BCUT2D eigenvalue weighted by molar-refractivity contribution is 5.84. The topological polar surface area (TPSA) is 71.8 Å². The van der Waals surface area contributed by atoms with E-state index in [2.05, 4.69) is 20.0 Å². The van der Waals surface area contributed by atoms with E-state index in [-0.39, 0.29) is 11.2 Å². The first-order valence-electron chi connectivity index (χ1n) is 6.51. The standard InChI is InChI=1S/C14H11F3N4O2/c1-7-10(6-18-23-2)19-12-13(22)20-9-5-8(14(15,16)17)3-4-11(9)21(7)12/h3-6H,1-2H3,(H,20,22). The number of imidazole rings is 1. The number of nitrogens with zero attached hydrogens (tertiary/aromatic N) is 3. The van der Waals surface area contributed by atoms with Crippen molar-refractivity contribution >= 4 is 22.9 Å². The molecule has 120 valence electrons. The van der Waals surface area contributed by atoms with Crippen LogP contribution in [-0.4, -0.2) is 27.7 Å². The molecule has 0 radical (unpaired) electrons. The molecule has 1 N–H and O–H groups in total. The van der Waals surface area contributed by atoms with Gasteiger partial charge in [-0.3, -0.25) is 9.20 Å². The Kier molecular flexibility index (Phi) is 3.35. The van der Waals surface area contributed by atoms with Crippen LogP contribution in [-0.2, 0) is 11.0 Å². The van der Waals surface area contributed by atoms with Crippen molar-refractivity contribution in [3.63, 3.8) is 0 Å². The number of hydrogen-bond acceptors (Lipinski definition) is 4. The van der Waals surface area contributed by atoms with E-state index in [0.29, 0.717) is 16.9 Å². The number of alkyl halides is 3. The van der Waals surface area contributed by atoms with Gasteiger partial charge in [0.1, 0.15) is 12.8 Å². The van der Waals surface area contributed by atoms with E-state index < -0.39 is 17.3 Å². The van der Waals surface area contributed by atoms with Gasteiger partial charge in [-0.25, -0.2) is 4.98 Å². The van der Waals surface area contributed by atoms with E-state index >= 15 is 0 Å². The summed E-state index contributed by atoms with van der Waals surface area (Å²) in [5, 5.41) is 3.59. The van der Waals surface area contributed by atoms with E-state index in [4.69, 9.17) is 0 Å². The summed E-state index contributed by atoms with van der Waals surface area (Å²) in [4.78, 5) is 23.2. The fourth-order valence-corrected chi connectivity index (χ4v) is 2.38. The molecule has 9 heteroatoms. The maximum atomic E-state index is 12.8. The summed E-state index contributed by atoms with van der Waals surface area (Å²) in [6.45, 7) is 1.69. The molecule has 0 atom stereocenters. The third kappa shape index (κ3) is 2.43. The number of aryl methyl sites for hydroxylation is 1. The lowest BCUT2D eigenvalue weighted by atomic mass is 10.2. The third-order valence-electron chi connectivity index (χ3n) is 3.44. The largest absolute Gasteiger partial charge is 0.416 e. The molecule has 0 fully saturated rings. The van der Waals surface area contributed by atoms with Gasteiger partial charge in [-0.1, -0.05) is 5.16 Å². The predicted molar refractivity (Wildman–Crippen MR) is 77.7 cm³/mol. The second-order valence-electron chi connectivity index (χ2n) is 4.84. The highest BCUT2D eigenvalue weighted by atomic mass is 19.4. The Bertz CT molecular complexity index is 985. The van der Waals surface area contributed by atoms with Gasteiger partial charge in [0.05, 0.1) is 22.8 Å². The molecular formula is C14H11F3N4O2. The number of H-pyrrole nitrogens is 1. The van der Waals surface area contributed by atoms with Crippen molar-refractivity contribution in [2.45, 2.75) is 13.1 Å². The Labute approximate surface area is 127 Å². The van der Waals surface area contributed by atoms with Crippen LogP contribution in [0.15, 0.2) is 28.1 Å². The van der Waals surface area contributed by atoms with Gasteiger partial charge in [0, 0.05) is 5.69 Å². The first-order valence-corrected chi connectivity index (χ1v) is 6.51. The molecule has 0 spiro atoms. The van der Waals surface area contributed by atoms with Crippen LogP contribution in [0.25, 0.3) is 16.7 Å². The van der Waals surface area contributed by atoms with Crippen molar-refractivity contribution in [3.05, 3.63) is 45.5 Å². The van der Waals surface area contributed by atoms with Crippen molar-refractivity contribution in [3.8, 4) is 0 Å². The lowest BCUT2D eigenvalue weighted by Crippen LogP contribution is -2.12. The molecule has 3 rings (SSSR count). The van der Waals surface area contributed by atoms with Crippen LogP contribution in [0.1, 0.15) is 17.0 Å².